The average Bonchev–Trinajstić information content (AvgIpc) is 3.99. The van der Waals surface area contributed by atoms with Gasteiger partial charge in [-0.3, -0.25) is 52.7 Å². The Morgan fingerprint density at radius 2 is 1.12 bits per heavy atom. The number of carbonyl (C=O) groups excluding carboxylic acids is 11. The minimum atomic E-state index is -1.52. The third kappa shape index (κ3) is 23.2. The molecule has 1 aromatic rings. The van der Waals surface area contributed by atoms with Gasteiger partial charge in [-0.05, 0) is 68.3 Å². The molecule has 2 fully saturated rings. The lowest BCUT2D eigenvalue weighted by Crippen LogP contribution is -2.62. The summed E-state index contributed by atoms with van der Waals surface area (Å²) in [4.78, 5) is 156. The predicted molar refractivity (Wildman–Crippen MR) is 312 cm³/mol. The van der Waals surface area contributed by atoms with E-state index in [1.54, 1.807) is 58.0 Å². The Bertz CT molecular complexity index is 2420. The molecule has 25 nitrogen and oxygen atoms in total. The van der Waals surface area contributed by atoms with Crippen LogP contribution in [0.2, 0.25) is 0 Å². The van der Waals surface area contributed by atoms with Gasteiger partial charge in [0.25, 0.3) is 5.91 Å². The summed E-state index contributed by atoms with van der Waals surface area (Å²) in [5.74, 6) is -10.1. The Labute approximate surface area is 493 Å². The number of rotatable bonds is 17. The number of nitrogens with zero attached hydrogens (tertiary/aromatic N) is 1. The first-order valence-corrected chi connectivity index (χ1v) is 29.7. The van der Waals surface area contributed by atoms with Gasteiger partial charge in [0.05, 0.1) is 12.6 Å². The number of fused-ring (bicyclic) bond motifs is 1. The number of benzene rings is 1. The number of allylic oxidation sites excluding steroid dienone is 1. The molecule has 2 aliphatic heterocycles. The third-order valence-corrected chi connectivity index (χ3v) is 14.8. The van der Waals surface area contributed by atoms with Crippen molar-refractivity contribution < 1.29 is 68.1 Å². The van der Waals surface area contributed by atoms with Crippen LogP contribution < -0.4 is 53.2 Å². The van der Waals surface area contributed by atoms with Crippen molar-refractivity contribution in [3.8, 4) is 0 Å². The second-order valence-electron chi connectivity index (χ2n) is 23.2. The quantitative estimate of drug-likeness (QED) is 0.0707. The molecule has 0 radical (unpaired) electrons. The van der Waals surface area contributed by atoms with E-state index in [2.05, 4.69) is 53.2 Å². The molecule has 2 aliphatic rings. The SMILES string of the molecule is C/C=C1/NC(=O)[C@H](CCO)NC(=O)C[C@@H](CCCCC)NC(=O)CNC(=O)[C@H](CC(C)C)NC(=O)[C@@H](C(C)C)NC(=O)[C@H]([C@@H](C)CC)NC(=O)[C@@H](CC(C)C)NC(=O)[C@@H](Cc2ccccc2)NC(=O)[C@H](CCO)NC(=O)[C@@H]2C[C@@H](O)CN2C1=O. The first-order valence-electron chi connectivity index (χ1n) is 29.7. The van der Waals surface area contributed by atoms with Gasteiger partial charge in [0.1, 0.15) is 54.0 Å². The topological polar surface area (TPSA) is 372 Å². The van der Waals surface area contributed by atoms with Crippen LogP contribution in [0.3, 0.4) is 0 Å². The Kier molecular flexibility index (Phi) is 30.5. The van der Waals surface area contributed by atoms with Crippen LogP contribution in [0.25, 0.3) is 0 Å². The molecule has 1 aromatic carbocycles. The number of aliphatic hydroxyl groups excluding tert-OH is 3. The van der Waals surface area contributed by atoms with Gasteiger partial charge in [-0.15, -0.1) is 0 Å². The molecular weight excluding hydrogens is 1090 g/mol. The lowest BCUT2D eigenvalue weighted by molar-refractivity contribution is -0.139. The highest BCUT2D eigenvalue weighted by Gasteiger charge is 2.42. The molecule has 11 amide bonds. The summed E-state index contributed by atoms with van der Waals surface area (Å²) < 4.78 is 0. The molecule has 3 rings (SSSR count). The van der Waals surface area contributed by atoms with Gasteiger partial charge in [-0.25, -0.2) is 0 Å². The zero-order valence-electron chi connectivity index (χ0n) is 50.6. The van der Waals surface area contributed by atoms with Crippen LogP contribution in [0, 0.1) is 23.7 Å². The number of amides is 11. The second kappa shape index (κ2) is 36.0. The molecule has 2 heterocycles. The van der Waals surface area contributed by atoms with E-state index in [0.717, 1.165) is 17.7 Å². The predicted octanol–water partition coefficient (Wildman–Crippen LogP) is -0.251. The van der Waals surface area contributed by atoms with Crippen LogP contribution in [-0.4, -0.2) is 172 Å². The highest BCUT2D eigenvalue weighted by Crippen LogP contribution is 2.22. The van der Waals surface area contributed by atoms with Gasteiger partial charge >= 0.3 is 0 Å². The Morgan fingerprint density at radius 1 is 0.583 bits per heavy atom. The van der Waals surface area contributed by atoms with Crippen LogP contribution in [-0.2, 0) is 59.2 Å². The zero-order chi connectivity index (χ0) is 62.8. The Hall–Kier alpha value is -6.99. The van der Waals surface area contributed by atoms with Crippen molar-refractivity contribution >= 4 is 65.0 Å². The minimum absolute atomic E-state index is 0.0695. The second-order valence-corrected chi connectivity index (χ2v) is 23.2. The molecule has 0 spiro atoms. The van der Waals surface area contributed by atoms with Crippen molar-refractivity contribution in [3.63, 3.8) is 0 Å². The number of aliphatic hydroxyl groups is 3. The van der Waals surface area contributed by atoms with E-state index >= 15 is 0 Å². The zero-order valence-corrected chi connectivity index (χ0v) is 50.6. The standard InChI is InChI=1S/C59H95N11O14/c1-11-14-16-21-38-29-47(74)62-41(22-24-71)52(77)63-40(13-3)59(84)70-32-39(73)30-46(70)56(81)64-42(23-25-72)53(78)66-45(28-37-19-17-15-18-20-37)54(79)65-44(27-34(6)7)55(80)69-50(36(10)12-2)58(83)68-49(35(8)9)57(82)67-43(26-33(4)5)51(76)60-31-48(75)61-38/h13,15,17-20,33-36,38-39,41-46,49-50,71-73H,11-12,14,16,21-32H2,1-10H3,(H,60,76)(H,61,75)(H,62,74)(H,63,77)(H,64,81)(H,65,79)(H,66,78)(H,67,82)(H,68,83)(H,69,80)/b40-13+/t36-,38+,39+,41-,42-,43-,44+,45+,46-,49+,50-/m0/s1. The largest absolute Gasteiger partial charge is 0.396 e. The van der Waals surface area contributed by atoms with Gasteiger partial charge in [0.2, 0.25) is 59.1 Å². The van der Waals surface area contributed by atoms with Gasteiger partial charge in [-0.2, -0.15) is 0 Å². The van der Waals surface area contributed by atoms with Gasteiger partial charge in [-0.1, -0.05) is 124 Å². The smallest absolute Gasteiger partial charge is 0.270 e. The van der Waals surface area contributed by atoms with E-state index in [1.165, 1.54) is 13.0 Å². The molecule has 25 heteroatoms. The number of hydrogen-bond acceptors (Lipinski definition) is 14. The number of carbonyl (C=O) groups is 11. The van der Waals surface area contributed by atoms with Crippen LogP contribution >= 0.6 is 0 Å². The van der Waals surface area contributed by atoms with Crippen LogP contribution in [0.5, 0.6) is 0 Å². The molecule has 0 aliphatic carbocycles. The van der Waals surface area contributed by atoms with Crippen molar-refractivity contribution in [2.45, 2.75) is 207 Å². The highest BCUT2D eigenvalue weighted by molar-refractivity contribution is 6.02. The maximum absolute atomic E-state index is 14.5. The number of nitrogens with one attached hydrogen (secondary N) is 10. The summed E-state index contributed by atoms with van der Waals surface area (Å²) in [5.41, 5.74) is 0.239. The maximum Gasteiger partial charge on any atom is 0.270 e. The molecule has 13 N–H and O–H groups in total. The fraction of sp³-hybridized carbons (Fsp3) is 0.678. The first-order chi connectivity index (χ1) is 39.8. The van der Waals surface area contributed by atoms with Gasteiger partial charge in [0.15, 0.2) is 0 Å². The van der Waals surface area contributed by atoms with Gasteiger partial charge < -0.3 is 73.4 Å². The summed E-state index contributed by atoms with van der Waals surface area (Å²) >= 11 is 0. The monoisotopic (exact) mass is 1180 g/mol. The van der Waals surface area contributed by atoms with E-state index in [0.29, 0.717) is 24.8 Å². The fourth-order valence-electron chi connectivity index (χ4n) is 9.89. The molecule has 84 heavy (non-hydrogen) atoms. The van der Waals surface area contributed by atoms with Crippen molar-refractivity contribution in [3.05, 3.63) is 47.7 Å². The number of hydrogen-bond donors (Lipinski definition) is 13. The molecule has 11 atom stereocenters. The van der Waals surface area contributed by atoms with Gasteiger partial charge in [0, 0.05) is 45.1 Å². The highest BCUT2D eigenvalue weighted by atomic mass is 16.3. The van der Waals surface area contributed by atoms with Crippen LogP contribution in [0.15, 0.2) is 42.1 Å². The summed E-state index contributed by atoms with van der Waals surface area (Å²) in [6.45, 7) is 15.5. The molecule has 0 saturated carbocycles. The molecule has 0 aromatic heterocycles. The van der Waals surface area contributed by atoms with Crippen LogP contribution in [0.1, 0.15) is 145 Å². The molecule has 0 unspecified atom stereocenters. The summed E-state index contributed by atoms with van der Waals surface area (Å²) in [5, 5.41) is 57.7. The lowest BCUT2D eigenvalue weighted by Gasteiger charge is -2.31. The Morgan fingerprint density at radius 3 is 1.69 bits per heavy atom. The lowest BCUT2D eigenvalue weighted by atomic mass is 9.95. The first kappa shape index (κ1) is 71.3. The van der Waals surface area contributed by atoms with E-state index in [1.807, 2.05) is 34.6 Å². The maximum atomic E-state index is 14.5. The third-order valence-electron chi connectivity index (χ3n) is 14.8. The van der Waals surface area contributed by atoms with Crippen molar-refractivity contribution in [1.82, 2.24) is 58.1 Å². The normalized spacial score (nSPS) is 26.8. The fourth-order valence-corrected chi connectivity index (χ4v) is 9.89. The van der Waals surface area contributed by atoms with E-state index in [-0.39, 0.29) is 69.0 Å². The number of unbranched alkanes of at least 4 members (excludes halogenated alkanes) is 2. The molecule has 470 valence electrons. The van der Waals surface area contributed by atoms with Crippen molar-refractivity contribution in [2.24, 2.45) is 23.7 Å². The van der Waals surface area contributed by atoms with Crippen molar-refractivity contribution in [1.29, 1.82) is 0 Å². The van der Waals surface area contributed by atoms with Crippen molar-refractivity contribution in [2.75, 3.05) is 26.3 Å². The molecule has 2 saturated heterocycles. The average molecular weight is 1180 g/mol. The van der Waals surface area contributed by atoms with E-state index in [4.69, 9.17) is 0 Å². The summed E-state index contributed by atoms with van der Waals surface area (Å²) in [6.07, 6.45) is 1.67. The van der Waals surface area contributed by atoms with E-state index in [9.17, 15) is 68.1 Å². The molecule has 0 bridgehead atoms. The summed E-state index contributed by atoms with van der Waals surface area (Å²) in [6, 6.07) is -2.85. The summed E-state index contributed by atoms with van der Waals surface area (Å²) in [7, 11) is 0. The van der Waals surface area contributed by atoms with Crippen LogP contribution in [0.4, 0.5) is 0 Å². The van der Waals surface area contributed by atoms with E-state index < -0.39 is 157 Å². The Balaban J connectivity index is 2.16. The minimum Gasteiger partial charge on any atom is -0.396 e. The molecular formula is C59H95N11O14.